The van der Waals surface area contributed by atoms with Crippen molar-refractivity contribution >= 4 is 11.6 Å². The van der Waals surface area contributed by atoms with Crippen LogP contribution in [0.3, 0.4) is 0 Å². The molecule has 2 aromatic carbocycles. The van der Waals surface area contributed by atoms with Crippen molar-refractivity contribution in [2.45, 2.75) is 13.0 Å². The number of nitrogens with one attached hydrogen (secondary N) is 1. The lowest BCUT2D eigenvalue weighted by molar-refractivity contribution is -0.122. The topological polar surface area (TPSA) is 85.9 Å². The van der Waals surface area contributed by atoms with Gasteiger partial charge in [0.25, 0.3) is 5.91 Å². The monoisotopic (exact) mass is 291 g/mol. The first kappa shape index (κ1) is 15.1. The van der Waals surface area contributed by atoms with Crippen molar-refractivity contribution in [3.05, 3.63) is 59.7 Å². The highest BCUT2D eigenvalue weighted by Crippen LogP contribution is 2.17. The van der Waals surface area contributed by atoms with Crippen LogP contribution in [0.25, 0.3) is 0 Å². The van der Waals surface area contributed by atoms with Gasteiger partial charge >= 0.3 is 0 Å². The maximum atomic E-state index is 12.1. The molecule has 1 amide bonds. The first-order chi connectivity index (χ1) is 10.6. The number of para-hydroxylation sites is 1. The Morgan fingerprint density at radius 3 is 2.64 bits per heavy atom. The minimum atomic E-state index is -0.763. The van der Waals surface area contributed by atoms with Gasteiger partial charge in [0.15, 0.2) is 6.10 Å². The Labute approximate surface area is 128 Å². The van der Waals surface area contributed by atoms with E-state index in [4.69, 9.17) is 15.3 Å². The van der Waals surface area contributed by atoms with E-state index in [1.807, 2.05) is 12.1 Å². The first-order valence-electron chi connectivity index (χ1n) is 6.61. The fourth-order valence-electron chi connectivity index (χ4n) is 1.82. The SMILES string of the molecule is CC(Oc1cccc(C#N)c1)C(=O)Nc1ccccc1C#N. The van der Waals surface area contributed by atoms with Gasteiger partial charge in [-0.25, -0.2) is 0 Å². The zero-order valence-corrected chi connectivity index (χ0v) is 11.9. The van der Waals surface area contributed by atoms with Crippen LogP contribution in [0, 0.1) is 22.7 Å². The zero-order valence-electron chi connectivity index (χ0n) is 11.9. The minimum absolute atomic E-state index is 0.370. The van der Waals surface area contributed by atoms with Crippen LogP contribution in [0.4, 0.5) is 5.69 Å². The average Bonchev–Trinajstić information content (AvgIpc) is 2.55. The number of nitriles is 2. The molecule has 0 heterocycles. The molecule has 0 saturated heterocycles. The van der Waals surface area contributed by atoms with E-state index in [-0.39, 0.29) is 5.91 Å². The number of hydrogen-bond acceptors (Lipinski definition) is 4. The number of ether oxygens (including phenoxy) is 1. The summed E-state index contributed by atoms with van der Waals surface area (Å²) >= 11 is 0. The molecule has 0 aliphatic carbocycles. The van der Waals surface area contributed by atoms with Crippen LogP contribution in [0.5, 0.6) is 5.75 Å². The number of hydrogen-bond donors (Lipinski definition) is 1. The third-order valence-corrected chi connectivity index (χ3v) is 2.95. The van der Waals surface area contributed by atoms with Gasteiger partial charge in [0.2, 0.25) is 0 Å². The number of nitrogens with zero attached hydrogens (tertiary/aromatic N) is 2. The first-order valence-corrected chi connectivity index (χ1v) is 6.61. The van der Waals surface area contributed by atoms with Crippen molar-refractivity contribution in [1.29, 1.82) is 10.5 Å². The lowest BCUT2D eigenvalue weighted by atomic mass is 10.2. The summed E-state index contributed by atoms with van der Waals surface area (Å²) in [6.07, 6.45) is -0.763. The molecule has 0 fully saturated rings. The van der Waals surface area contributed by atoms with Crippen molar-refractivity contribution < 1.29 is 9.53 Å². The van der Waals surface area contributed by atoms with E-state index in [9.17, 15) is 4.79 Å². The molecule has 0 aromatic heterocycles. The summed E-state index contributed by atoms with van der Waals surface area (Å²) in [5.74, 6) is 0.0697. The van der Waals surface area contributed by atoms with E-state index in [1.165, 1.54) is 0 Å². The summed E-state index contributed by atoms with van der Waals surface area (Å²) in [7, 11) is 0. The molecule has 0 spiro atoms. The number of carbonyl (C=O) groups is 1. The van der Waals surface area contributed by atoms with Gasteiger partial charge in [-0.1, -0.05) is 18.2 Å². The third-order valence-electron chi connectivity index (χ3n) is 2.95. The number of carbonyl (C=O) groups excluding carboxylic acids is 1. The molecule has 0 bridgehead atoms. The van der Waals surface area contributed by atoms with Crippen LogP contribution >= 0.6 is 0 Å². The molecule has 5 nitrogen and oxygen atoms in total. The second-order valence-corrected chi connectivity index (χ2v) is 4.55. The van der Waals surface area contributed by atoms with E-state index in [2.05, 4.69) is 5.32 Å². The number of benzene rings is 2. The number of amides is 1. The van der Waals surface area contributed by atoms with E-state index in [0.29, 0.717) is 22.6 Å². The highest BCUT2D eigenvalue weighted by molar-refractivity contribution is 5.95. The van der Waals surface area contributed by atoms with Gasteiger partial charge in [0, 0.05) is 0 Å². The van der Waals surface area contributed by atoms with Crippen LogP contribution in [0.2, 0.25) is 0 Å². The van der Waals surface area contributed by atoms with Gasteiger partial charge < -0.3 is 10.1 Å². The maximum Gasteiger partial charge on any atom is 0.265 e. The Hall–Kier alpha value is -3.31. The molecule has 2 aromatic rings. The zero-order chi connectivity index (χ0) is 15.9. The Balaban J connectivity index is 2.06. The van der Waals surface area contributed by atoms with Crippen molar-refractivity contribution in [3.63, 3.8) is 0 Å². The Kier molecular flexibility index (Phi) is 4.74. The largest absolute Gasteiger partial charge is 0.481 e. The molecular weight excluding hydrogens is 278 g/mol. The van der Waals surface area contributed by atoms with Gasteiger partial charge in [0.1, 0.15) is 11.8 Å². The Morgan fingerprint density at radius 2 is 1.91 bits per heavy atom. The van der Waals surface area contributed by atoms with E-state index in [0.717, 1.165) is 0 Å². The van der Waals surface area contributed by atoms with Crippen LogP contribution in [0.1, 0.15) is 18.1 Å². The summed E-state index contributed by atoms with van der Waals surface area (Å²) in [5.41, 5.74) is 1.28. The van der Waals surface area contributed by atoms with Crippen molar-refractivity contribution in [2.24, 2.45) is 0 Å². The third kappa shape index (κ3) is 3.62. The fraction of sp³-hybridized carbons (Fsp3) is 0.118. The van der Waals surface area contributed by atoms with E-state index >= 15 is 0 Å². The smallest absolute Gasteiger partial charge is 0.265 e. The lowest BCUT2D eigenvalue weighted by Gasteiger charge is -2.15. The van der Waals surface area contributed by atoms with E-state index < -0.39 is 6.10 Å². The molecule has 0 aliphatic heterocycles. The Morgan fingerprint density at radius 1 is 1.14 bits per heavy atom. The Bertz CT molecular complexity index is 772. The predicted octanol–water partition coefficient (Wildman–Crippen LogP) is 2.84. The maximum absolute atomic E-state index is 12.1. The molecule has 0 radical (unpaired) electrons. The summed E-state index contributed by atoms with van der Waals surface area (Å²) in [4.78, 5) is 12.1. The van der Waals surface area contributed by atoms with Crippen molar-refractivity contribution in [3.8, 4) is 17.9 Å². The lowest BCUT2D eigenvalue weighted by Crippen LogP contribution is -2.30. The minimum Gasteiger partial charge on any atom is -0.481 e. The number of anilines is 1. The van der Waals surface area contributed by atoms with Crippen LogP contribution < -0.4 is 10.1 Å². The summed E-state index contributed by atoms with van der Waals surface area (Å²) in [6.45, 7) is 1.60. The van der Waals surface area contributed by atoms with Crippen molar-refractivity contribution in [2.75, 3.05) is 5.32 Å². The van der Waals surface area contributed by atoms with Gasteiger partial charge in [-0.3, -0.25) is 4.79 Å². The van der Waals surface area contributed by atoms with Crippen LogP contribution in [-0.2, 0) is 4.79 Å². The highest BCUT2D eigenvalue weighted by atomic mass is 16.5. The molecule has 1 N–H and O–H groups in total. The molecule has 108 valence electrons. The summed E-state index contributed by atoms with van der Waals surface area (Å²) < 4.78 is 5.52. The average molecular weight is 291 g/mol. The second-order valence-electron chi connectivity index (χ2n) is 4.55. The fourth-order valence-corrected chi connectivity index (χ4v) is 1.82. The molecule has 1 unspecified atom stereocenters. The van der Waals surface area contributed by atoms with Gasteiger partial charge in [-0.15, -0.1) is 0 Å². The second kappa shape index (κ2) is 6.92. The van der Waals surface area contributed by atoms with Crippen molar-refractivity contribution in [1.82, 2.24) is 0 Å². The summed E-state index contributed by atoms with van der Waals surface area (Å²) in [5, 5.41) is 20.5. The van der Waals surface area contributed by atoms with Crippen LogP contribution in [0.15, 0.2) is 48.5 Å². The number of rotatable bonds is 4. The highest BCUT2D eigenvalue weighted by Gasteiger charge is 2.16. The normalized spacial score (nSPS) is 10.9. The molecule has 1 atom stereocenters. The molecule has 5 heteroatoms. The van der Waals surface area contributed by atoms with Crippen LogP contribution in [-0.4, -0.2) is 12.0 Å². The molecule has 0 saturated carbocycles. The molecule has 0 aliphatic rings. The summed E-state index contributed by atoms with van der Waals surface area (Å²) in [6, 6.07) is 17.3. The quantitative estimate of drug-likeness (QED) is 0.938. The molecular formula is C17H13N3O2. The van der Waals surface area contributed by atoms with Gasteiger partial charge in [-0.05, 0) is 37.3 Å². The molecule has 2 rings (SSSR count). The molecule has 22 heavy (non-hydrogen) atoms. The predicted molar refractivity (Wildman–Crippen MR) is 81.0 cm³/mol. The van der Waals surface area contributed by atoms with Gasteiger partial charge in [-0.2, -0.15) is 10.5 Å². The van der Waals surface area contributed by atoms with E-state index in [1.54, 1.807) is 55.5 Å². The van der Waals surface area contributed by atoms with Gasteiger partial charge in [0.05, 0.1) is 22.9 Å². The standard InChI is InChI=1S/C17H13N3O2/c1-12(22-15-7-4-5-13(9-15)10-18)17(21)20-16-8-3-2-6-14(16)11-19/h2-9,12H,1H3,(H,20,21).